The molecule has 2 atom stereocenters. The fraction of sp³-hybridized carbons (Fsp3) is 0.286. The van der Waals surface area contributed by atoms with E-state index < -0.39 is 0 Å². The van der Waals surface area contributed by atoms with Crippen molar-refractivity contribution in [2.45, 2.75) is 52.0 Å². The van der Waals surface area contributed by atoms with Crippen LogP contribution in [0.15, 0.2) is 60.2 Å². The molecule has 0 spiro atoms. The van der Waals surface area contributed by atoms with E-state index in [0.717, 1.165) is 0 Å². The normalized spacial score (nSPS) is 20.5. The van der Waals surface area contributed by atoms with Crippen LogP contribution in [0, 0.1) is 0 Å². The van der Waals surface area contributed by atoms with E-state index in [1.807, 2.05) is 11.3 Å². The lowest BCUT2D eigenvalue weighted by molar-refractivity contribution is 0.614. The lowest BCUT2D eigenvalue weighted by Gasteiger charge is -2.29. The number of allylic oxidation sites excluding steroid dienone is 1. The number of hydrogen-bond donors (Lipinski definition) is 1. The van der Waals surface area contributed by atoms with Gasteiger partial charge in [-0.05, 0) is 60.6 Å². The second kappa shape index (κ2) is 6.72. The quantitative estimate of drug-likeness (QED) is 0.352. The monoisotopic (exact) mass is 409 g/mol. The van der Waals surface area contributed by atoms with Crippen molar-refractivity contribution < 1.29 is 0 Å². The van der Waals surface area contributed by atoms with Gasteiger partial charge in [-0.25, -0.2) is 0 Å². The molecule has 0 radical (unpaired) electrons. The molecule has 2 heteroatoms. The Hall–Kier alpha value is -2.58. The molecule has 3 aromatic carbocycles. The van der Waals surface area contributed by atoms with Crippen molar-refractivity contribution >= 4 is 42.8 Å². The zero-order chi connectivity index (χ0) is 20.4. The number of hydrogen-bond acceptors (Lipinski definition) is 2. The summed E-state index contributed by atoms with van der Waals surface area (Å²) in [5.74, 6) is 0.443. The summed E-state index contributed by atoms with van der Waals surface area (Å²) in [5.41, 5.74) is 10.2. The Kier molecular flexibility index (Phi) is 4.08. The summed E-state index contributed by atoms with van der Waals surface area (Å²) in [6, 6.07) is 21.1. The molecule has 1 aliphatic heterocycles. The molecular weight excluding hydrogens is 382 g/mol. The van der Waals surface area contributed by atoms with Gasteiger partial charge >= 0.3 is 0 Å². The van der Waals surface area contributed by atoms with Crippen LogP contribution in [-0.4, -0.2) is 6.04 Å². The Labute approximate surface area is 182 Å². The van der Waals surface area contributed by atoms with Crippen molar-refractivity contribution in [3.63, 3.8) is 0 Å². The van der Waals surface area contributed by atoms with E-state index in [9.17, 15) is 0 Å². The SMILES string of the molecule is CCC1CCc2cccc(C3=C(C)C(C)c4c3ccc3sc5ccccc5c43)c2N1. The predicted molar refractivity (Wildman–Crippen MR) is 132 cm³/mol. The Morgan fingerprint density at radius 2 is 1.83 bits per heavy atom. The molecule has 0 saturated carbocycles. The first-order valence-electron chi connectivity index (χ1n) is 11.2. The van der Waals surface area contributed by atoms with Gasteiger partial charge in [-0.2, -0.15) is 0 Å². The smallest absolute Gasteiger partial charge is 0.0454 e. The van der Waals surface area contributed by atoms with E-state index in [0.29, 0.717) is 12.0 Å². The summed E-state index contributed by atoms with van der Waals surface area (Å²) in [6.45, 7) is 7.03. The van der Waals surface area contributed by atoms with Crippen LogP contribution >= 0.6 is 11.3 Å². The van der Waals surface area contributed by atoms with Gasteiger partial charge in [0.2, 0.25) is 0 Å². The van der Waals surface area contributed by atoms with Crippen molar-refractivity contribution in [2.24, 2.45) is 0 Å². The molecule has 1 aromatic heterocycles. The average Bonchev–Trinajstić information content (AvgIpc) is 3.28. The highest BCUT2D eigenvalue weighted by molar-refractivity contribution is 7.25. The van der Waals surface area contributed by atoms with Crippen molar-refractivity contribution in [3.05, 3.63) is 82.4 Å². The number of anilines is 1. The molecule has 0 saturated heterocycles. The van der Waals surface area contributed by atoms with Gasteiger partial charge in [0, 0.05) is 43.4 Å². The van der Waals surface area contributed by atoms with Crippen molar-refractivity contribution in [3.8, 4) is 0 Å². The van der Waals surface area contributed by atoms with Crippen molar-refractivity contribution in [2.75, 3.05) is 5.32 Å². The zero-order valence-corrected chi connectivity index (χ0v) is 18.7. The van der Waals surface area contributed by atoms with Gasteiger partial charge in [0.1, 0.15) is 0 Å². The Morgan fingerprint density at radius 3 is 2.70 bits per heavy atom. The van der Waals surface area contributed by atoms with Gasteiger partial charge < -0.3 is 5.32 Å². The van der Waals surface area contributed by atoms with Gasteiger partial charge in [0.25, 0.3) is 0 Å². The van der Waals surface area contributed by atoms with Gasteiger partial charge in [0.15, 0.2) is 0 Å². The number of nitrogens with one attached hydrogen (secondary N) is 1. The summed E-state index contributed by atoms with van der Waals surface area (Å²) in [5, 5.41) is 6.77. The molecule has 0 fully saturated rings. The highest BCUT2D eigenvalue weighted by Crippen LogP contribution is 2.52. The fourth-order valence-corrected chi connectivity index (χ4v) is 6.73. The number of benzene rings is 3. The number of rotatable bonds is 2. The third-order valence-electron chi connectivity index (χ3n) is 7.35. The lowest BCUT2D eigenvalue weighted by Crippen LogP contribution is -2.25. The standard InChI is InChI=1S/C28H27NS/c1-4-19-13-12-18-8-7-10-22(28(18)29-19)25-16(2)17(3)26-21(25)14-15-24-27(26)20-9-5-6-11-23(20)30-24/h5-11,14-15,17,19,29H,4,12-13H2,1-3H3. The van der Waals surface area contributed by atoms with Crippen LogP contribution in [0.4, 0.5) is 5.69 Å². The number of fused-ring (bicyclic) bond motifs is 6. The minimum Gasteiger partial charge on any atom is -0.382 e. The maximum atomic E-state index is 3.89. The van der Waals surface area contributed by atoms with Gasteiger partial charge in [-0.1, -0.05) is 61.9 Å². The molecule has 6 rings (SSSR count). The Morgan fingerprint density at radius 1 is 0.967 bits per heavy atom. The van der Waals surface area contributed by atoms with E-state index in [1.54, 1.807) is 0 Å². The summed E-state index contributed by atoms with van der Waals surface area (Å²) in [6.07, 6.45) is 3.59. The highest BCUT2D eigenvalue weighted by atomic mass is 32.1. The van der Waals surface area contributed by atoms with Gasteiger partial charge in [-0.3, -0.25) is 0 Å². The molecule has 1 nitrogen and oxygen atoms in total. The molecule has 0 bridgehead atoms. The topological polar surface area (TPSA) is 12.0 Å². The predicted octanol–water partition coefficient (Wildman–Crippen LogP) is 8.13. The van der Waals surface area contributed by atoms with Gasteiger partial charge in [-0.15, -0.1) is 11.3 Å². The maximum Gasteiger partial charge on any atom is 0.0454 e. The second-order valence-corrected chi connectivity index (χ2v) is 9.99. The van der Waals surface area contributed by atoms with Crippen LogP contribution in [0.3, 0.4) is 0 Å². The molecule has 4 aromatic rings. The molecule has 2 aliphatic rings. The maximum absolute atomic E-state index is 3.89. The molecule has 30 heavy (non-hydrogen) atoms. The third-order valence-corrected chi connectivity index (χ3v) is 8.49. The van der Waals surface area contributed by atoms with Crippen LogP contribution in [-0.2, 0) is 6.42 Å². The molecular formula is C28H27NS. The second-order valence-electron chi connectivity index (χ2n) is 8.91. The minimum atomic E-state index is 0.443. The Balaban J connectivity index is 1.61. The largest absolute Gasteiger partial charge is 0.382 e. The van der Waals surface area contributed by atoms with Crippen LogP contribution in [0.5, 0.6) is 0 Å². The Bertz CT molecular complexity index is 1340. The number of para-hydroxylation sites is 1. The first-order valence-corrected chi connectivity index (χ1v) is 12.0. The third kappa shape index (κ3) is 2.46. The van der Waals surface area contributed by atoms with Crippen molar-refractivity contribution in [1.82, 2.24) is 0 Å². The summed E-state index contributed by atoms with van der Waals surface area (Å²) < 4.78 is 2.80. The van der Waals surface area contributed by atoms with E-state index in [-0.39, 0.29) is 0 Å². The first-order chi connectivity index (χ1) is 14.7. The van der Waals surface area contributed by atoms with Crippen molar-refractivity contribution in [1.29, 1.82) is 0 Å². The fourth-order valence-electron chi connectivity index (χ4n) is 5.61. The highest BCUT2D eigenvalue weighted by Gasteiger charge is 2.31. The van der Waals surface area contributed by atoms with Crippen LogP contribution in [0.1, 0.15) is 61.8 Å². The van der Waals surface area contributed by atoms with E-state index in [2.05, 4.69) is 80.7 Å². The number of aryl methyl sites for hydroxylation is 1. The summed E-state index contributed by atoms with van der Waals surface area (Å²) >= 11 is 1.92. The average molecular weight is 410 g/mol. The van der Waals surface area contributed by atoms with Crippen LogP contribution in [0.25, 0.3) is 25.7 Å². The number of thiophene rings is 1. The summed E-state index contributed by atoms with van der Waals surface area (Å²) in [7, 11) is 0. The van der Waals surface area contributed by atoms with E-state index in [4.69, 9.17) is 0 Å². The van der Waals surface area contributed by atoms with Gasteiger partial charge in [0.05, 0.1) is 0 Å². The molecule has 2 heterocycles. The molecule has 0 amide bonds. The van der Waals surface area contributed by atoms with E-state index >= 15 is 0 Å². The van der Waals surface area contributed by atoms with E-state index in [1.165, 1.54) is 78.5 Å². The summed E-state index contributed by atoms with van der Waals surface area (Å²) in [4.78, 5) is 0. The first kappa shape index (κ1) is 18.2. The molecule has 1 aliphatic carbocycles. The lowest BCUT2D eigenvalue weighted by atomic mass is 9.89. The molecule has 2 unspecified atom stereocenters. The zero-order valence-electron chi connectivity index (χ0n) is 17.9. The molecule has 150 valence electrons. The van der Waals surface area contributed by atoms with Crippen LogP contribution in [0.2, 0.25) is 0 Å². The minimum absolute atomic E-state index is 0.443. The van der Waals surface area contributed by atoms with Crippen LogP contribution < -0.4 is 5.32 Å². The molecule has 1 N–H and O–H groups in total.